The van der Waals surface area contributed by atoms with Gasteiger partial charge < -0.3 is 4.42 Å². The van der Waals surface area contributed by atoms with Crippen LogP contribution in [0, 0.1) is 5.82 Å². The second-order valence-electron chi connectivity index (χ2n) is 4.37. The topological polar surface area (TPSA) is 56.0 Å². The molecule has 0 saturated heterocycles. The molecule has 116 valence electrons. The zero-order valence-corrected chi connectivity index (χ0v) is 13.6. The Kier molecular flexibility index (Phi) is 4.66. The maximum atomic E-state index is 13.5. The minimum absolute atomic E-state index is 0.00827. The van der Waals surface area contributed by atoms with Gasteiger partial charge in [-0.25, -0.2) is 4.39 Å². The summed E-state index contributed by atoms with van der Waals surface area (Å²) in [5, 5.41) is 7.41. The number of aromatic nitrogens is 2. The van der Waals surface area contributed by atoms with Crippen LogP contribution in [0.1, 0.15) is 10.4 Å². The van der Waals surface area contributed by atoms with Crippen LogP contribution in [-0.4, -0.2) is 15.3 Å². The summed E-state index contributed by atoms with van der Waals surface area (Å²) in [7, 11) is 0. The lowest BCUT2D eigenvalue weighted by Gasteiger charge is -2.01. The Bertz CT molecular complexity index is 871. The summed E-state index contributed by atoms with van der Waals surface area (Å²) in [6.45, 7) is 0. The Morgan fingerprint density at radius 3 is 2.57 bits per heavy atom. The fourth-order valence-electron chi connectivity index (χ4n) is 1.76. The van der Waals surface area contributed by atoms with Crippen LogP contribution in [0.3, 0.4) is 0 Å². The van der Waals surface area contributed by atoms with Crippen LogP contribution in [0.25, 0.3) is 11.5 Å². The summed E-state index contributed by atoms with van der Waals surface area (Å²) >= 11 is 12.4. The Balaban J connectivity index is 1.84. The van der Waals surface area contributed by atoms with Crippen molar-refractivity contribution >= 4 is 40.1 Å². The molecular formula is C15H7Cl2FN2O2S. The summed E-state index contributed by atoms with van der Waals surface area (Å²) < 4.78 is 18.9. The fraction of sp³-hybridized carbons (Fsp3) is 0. The predicted octanol–water partition coefficient (Wildman–Crippen LogP) is 5.12. The highest BCUT2D eigenvalue weighted by molar-refractivity contribution is 8.14. The zero-order chi connectivity index (χ0) is 16.4. The molecule has 0 bridgehead atoms. The van der Waals surface area contributed by atoms with Gasteiger partial charge in [-0.1, -0.05) is 53.5 Å². The molecule has 0 aliphatic carbocycles. The summed E-state index contributed by atoms with van der Waals surface area (Å²) in [4.78, 5) is 12.1. The van der Waals surface area contributed by atoms with E-state index < -0.39 is 5.82 Å². The first-order valence-corrected chi connectivity index (χ1v) is 7.87. The molecule has 1 heterocycles. The normalized spacial score (nSPS) is 10.7. The van der Waals surface area contributed by atoms with Crippen LogP contribution in [0.15, 0.2) is 52.1 Å². The largest absolute Gasteiger partial charge is 0.411 e. The standard InChI is InChI=1S/C15H7Cl2FN2O2S/c16-10-7-11(17)12(18)6-9(10)13-19-20-15(22-13)23-14(21)8-4-2-1-3-5-8/h1-7H. The van der Waals surface area contributed by atoms with Crippen LogP contribution in [0.5, 0.6) is 0 Å². The van der Waals surface area contributed by atoms with Gasteiger partial charge in [-0.3, -0.25) is 4.79 Å². The summed E-state index contributed by atoms with van der Waals surface area (Å²) in [5.41, 5.74) is 0.716. The number of halogens is 3. The molecule has 0 aliphatic heterocycles. The maximum absolute atomic E-state index is 13.5. The van der Waals surface area contributed by atoms with E-state index in [4.69, 9.17) is 27.6 Å². The number of carbonyl (C=O) groups is 1. The molecule has 23 heavy (non-hydrogen) atoms. The van der Waals surface area contributed by atoms with Crippen molar-refractivity contribution in [2.24, 2.45) is 0 Å². The van der Waals surface area contributed by atoms with Gasteiger partial charge in [0.05, 0.1) is 15.6 Å². The SMILES string of the molecule is O=C(Sc1nnc(-c2cc(F)c(Cl)cc2Cl)o1)c1ccccc1. The van der Waals surface area contributed by atoms with Gasteiger partial charge in [0, 0.05) is 17.3 Å². The third kappa shape index (κ3) is 3.55. The van der Waals surface area contributed by atoms with E-state index in [-0.39, 0.29) is 31.8 Å². The van der Waals surface area contributed by atoms with Gasteiger partial charge in [0.2, 0.25) is 11.0 Å². The molecule has 8 heteroatoms. The van der Waals surface area contributed by atoms with Gasteiger partial charge >= 0.3 is 0 Å². The van der Waals surface area contributed by atoms with E-state index in [1.54, 1.807) is 24.3 Å². The highest BCUT2D eigenvalue weighted by Gasteiger charge is 2.18. The first-order valence-electron chi connectivity index (χ1n) is 6.30. The molecule has 3 rings (SSSR count). The van der Waals surface area contributed by atoms with Crippen molar-refractivity contribution in [1.29, 1.82) is 0 Å². The smallest absolute Gasteiger partial charge is 0.284 e. The molecule has 1 aromatic heterocycles. The minimum atomic E-state index is -0.654. The Hall–Kier alpha value is -1.89. The molecule has 0 spiro atoms. The van der Waals surface area contributed by atoms with Gasteiger partial charge in [0.15, 0.2) is 0 Å². The molecule has 0 atom stereocenters. The van der Waals surface area contributed by atoms with E-state index in [2.05, 4.69) is 10.2 Å². The van der Waals surface area contributed by atoms with E-state index in [1.165, 1.54) is 6.07 Å². The number of hydrogen-bond donors (Lipinski definition) is 0. The van der Waals surface area contributed by atoms with E-state index in [1.807, 2.05) is 6.07 Å². The monoisotopic (exact) mass is 368 g/mol. The molecule has 0 saturated carbocycles. The third-order valence-electron chi connectivity index (χ3n) is 2.84. The third-order valence-corrected chi connectivity index (χ3v) is 4.20. The number of nitrogens with zero attached hydrogens (tertiary/aromatic N) is 2. The molecule has 0 N–H and O–H groups in total. The van der Waals surface area contributed by atoms with Crippen molar-refractivity contribution in [2.75, 3.05) is 0 Å². The van der Waals surface area contributed by atoms with Crippen molar-refractivity contribution in [3.63, 3.8) is 0 Å². The maximum Gasteiger partial charge on any atom is 0.284 e. The first kappa shape index (κ1) is 16.0. The molecule has 3 aromatic rings. The highest BCUT2D eigenvalue weighted by Crippen LogP contribution is 2.33. The predicted molar refractivity (Wildman–Crippen MR) is 86.3 cm³/mol. The minimum Gasteiger partial charge on any atom is -0.411 e. The molecule has 0 unspecified atom stereocenters. The van der Waals surface area contributed by atoms with Gasteiger partial charge in [-0.15, -0.1) is 10.2 Å². The van der Waals surface area contributed by atoms with E-state index >= 15 is 0 Å². The molecule has 0 fully saturated rings. The Morgan fingerprint density at radius 1 is 1.09 bits per heavy atom. The summed E-state index contributed by atoms with van der Waals surface area (Å²) in [6.07, 6.45) is 0. The second kappa shape index (κ2) is 6.70. The number of thioether (sulfide) groups is 1. The van der Waals surface area contributed by atoms with Gasteiger partial charge in [-0.2, -0.15) is 0 Å². The molecule has 0 amide bonds. The molecule has 0 radical (unpaired) electrons. The first-order chi connectivity index (χ1) is 11.0. The average Bonchev–Trinajstić information content (AvgIpc) is 3.00. The van der Waals surface area contributed by atoms with Crippen LogP contribution in [0.4, 0.5) is 4.39 Å². The molecular weight excluding hydrogens is 362 g/mol. The van der Waals surface area contributed by atoms with Gasteiger partial charge in [0.25, 0.3) is 5.22 Å². The van der Waals surface area contributed by atoms with Crippen molar-refractivity contribution < 1.29 is 13.6 Å². The van der Waals surface area contributed by atoms with Gasteiger partial charge in [-0.05, 0) is 12.1 Å². The lowest BCUT2D eigenvalue weighted by molar-refractivity contribution is 0.108. The zero-order valence-electron chi connectivity index (χ0n) is 11.3. The molecule has 0 aliphatic rings. The molecule has 4 nitrogen and oxygen atoms in total. The summed E-state index contributed by atoms with van der Waals surface area (Å²) in [5.74, 6) is -0.646. The van der Waals surface area contributed by atoms with Crippen LogP contribution in [0.2, 0.25) is 10.0 Å². The van der Waals surface area contributed by atoms with E-state index in [0.29, 0.717) is 5.56 Å². The fourth-order valence-corrected chi connectivity index (χ4v) is 2.84. The Morgan fingerprint density at radius 2 is 1.83 bits per heavy atom. The van der Waals surface area contributed by atoms with Crippen LogP contribution >= 0.6 is 35.0 Å². The highest BCUT2D eigenvalue weighted by atomic mass is 35.5. The van der Waals surface area contributed by atoms with Gasteiger partial charge in [0.1, 0.15) is 5.82 Å². The number of rotatable bonds is 3. The quantitative estimate of drug-likeness (QED) is 0.474. The lowest BCUT2D eigenvalue weighted by Crippen LogP contribution is -1.92. The van der Waals surface area contributed by atoms with Crippen LogP contribution < -0.4 is 0 Å². The second-order valence-corrected chi connectivity index (χ2v) is 6.11. The van der Waals surface area contributed by atoms with Crippen molar-refractivity contribution in [2.45, 2.75) is 5.22 Å². The van der Waals surface area contributed by atoms with Crippen molar-refractivity contribution in [3.05, 3.63) is 63.9 Å². The summed E-state index contributed by atoms with van der Waals surface area (Å²) in [6, 6.07) is 11.0. The van der Waals surface area contributed by atoms with E-state index in [9.17, 15) is 9.18 Å². The molecule has 2 aromatic carbocycles. The number of hydrogen-bond acceptors (Lipinski definition) is 5. The number of carbonyl (C=O) groups excluding carboxylic acids is 1. The van der Waals surface area contributed by atoms with Crippen LogP contribution in [-0.2, 0) is 0 Å². The van der Waals surface area contributed by atoms with Crippen molar-refractivity contribution in [3.8, 4) is 11.5 Å². The van der Waals surface area contributed by atoms with Crippen molar-refractivity contribution in [1.82, 2.24) is 10.2 Å². The Labute approximate surface area is 144 Å². The number of benzene rings is 2. The lowest BCUT2D eigenvalue weighted by atomic mass is 10.2. The average molecular weight is 369 g/mol. The van der Waals surface area contributed by atoms with E-state index in [0.717, 1.165) is 17.8 Å².